The fraction of sp³-hybridized carbons (Fsp3) is 0.385. The quantitative estimate of drug-likeness (QED) is 0.580. The minimum Gasteiger partial charge on any atom is -0.545 e. The van der Waals surface area contributed by atoms with E-state index in [0.717, 1.165) is 25.7 Å². The predicted octanol–water partition coefficient (Wildman–Crippen LogP) is 1.15. The minimum absolute atomic E-state index is 0.00387. The highest BCUT2D eigenvalue weighted by molar-refractivity contribution is 5.86. The highest BCUT2D eigenvalue weighted by Crippen LogP contribution is 2.26. The van der Waals surface area contributed by atoms with Crippen LogP contribution in [0.1, 0.15) is 36.0 Å². The van der Waals surface area contributed by atoms with Crippen LogP contribution in [0.5, 0.6) is 5.75 Å². The van der Waals surface area contributed by atoms with Gasteiger partial charge in [-0.2, -0.15) is 0 Å². The molecule has 1 aromatic carbocycles. The van der Waals surface area contributed by atoms with Crippen LogP contribution < -0.4 is 9.84 Å². The Balaban J connectivity index is 1.98. The number of hydrogen-bond acceptors (Lipinski definition) is 4. The Bertz CT molecular complexity index is 416. The van der Waals surface area contributed by atoms with Crippen molar-refractivity contribution in [2.75, 3.05) is 0 Å². The van der Waals surface area contributed by atoms with Gasteiger partial charge in [0.25, 0.3) is 0 Å². The van der Waals surface area contributed by atoms with Crippen molar-refractivity contribution >= 4 is 11.9 Å². The van der Waals surface area contributed by atoms with Crippen molar-refractivity contribution < 1.29 is 19.4 Å². The van der Waals surface area contributed by atoms with Crippen LogP contribution in [-0.4, -0.2) is 11.9 Å². The molecule has 0 aromatic heterocycles. The van der Waals surface area contributed by atoms with Gasteiger partial charge in [0.15, 0.2) is 0 Å². The summed E-state index contributed by atoms with van der Waals surface area (Å²) in [6.45, 7) is 0. The molecule has 90 valence electrons. The summed E-state index contributed by atoms with van der Waals surface area (Å²) in [4.78, 5) is 22.2. The highest BCUT2D eigenvalue weighted by atomic mass is 16.5. The van der Waals surface area contributed by atoms with E-state index in [2.05, 4.69) is 0 Å². The zero-order valence-corrected chi connectivity index (χ0v) is 9.35. The Kier molecular flexibility index (Phi) is 3.42. The van der Waals surface area contributed by atoms with E-state index < -0.39 is 5.97 Å². The van der Waals surface area contributed by atoms with Crippen molar-refractivity contribution in [2.24, 2.45) is 5.92 Å². The highest BCUT2D eigenvalue weighted by Gasteiger charge is 2.24. The Morgan fingerprint density at radius 1 is 1.12 bits per heavy atom. The van der Waals surface area contributed by atoms with Crippen LogP contribution in [-0.2, 0) is 4.79 Å². The number of aromatic carboxylic acids is 1. The van der Waals surface area contributed by atoms with Crippen LogP contribution in [0.4, 0.5) is 0 Å². The lowest BCUT2D eigenvalue weighted by molar-refractivity contribution is -0.255. The van der Waals surface area contributed by atoms with Crippen molar-refractivity contribution in [3.05, 3.63) is 29.8 Å². The van der Waals surface area contributed by atoms with Crippen molar-refractivity contribution in [2.45, 2.75) is 25.7 Å². The number of carboxylic acid groups (broad SMARTS) is 1. The molecule has 4 heteroatoms. The van der Waals surface area contributed by atoms with Gasteiger partial charge in [-0.05, 0) is 42.7 Å². The number of esters is 1. The monoisotopic (exact) mass is 233 g/mol. The molecule has 0 unspecified atom stereocenters. The number of carboxylic acids is 1. The molecule has 0 bridgehead atoms. The van der Waals surface area contributed by atoms with E-state index in [0.29, 0.717) is 5.75 Å². The average Bonchev–Trinajstić information content (AvgIpc) is 2.83. The predicted molar refractivity (Wildman–Crippen MR) is 58.4 cm³/mol. The number of ether oxygens (including phenoxy) is 1. The summed E-state index contributed by atoms with van der Waals surface area (Å²) in [6.07, 6.45) is 3.92. The molecule has 0 heterocycles. The first-order chi connectivity index (χ1) is 8.16. The SMILES string of the molecule is O=C([O-])c1ccc(OC(=O)C2CCCC2)cc1. The second-order valence-electron chi connectivity index (χ2n) is 4.21. The lowest BCUT2D eigenvalue weighted by Gasteiger charge is -2.09. The Hall–Kier alpha value is -1.84. The molecular weight excluding hydrogens is 220 g/mol. The van der Waals surface area contributed by atoms with Gasteiger partial charge in [-0.3, -0.25) is 4.79 Å². The van der Waals surface area contributed by atoms with Crippen LogP contribution in [0.3, 0.4) is 0 Å². The summed E-state index contributed by atoms with van der Waals surface area (Å²) in [5.41, 5.74) is 0.0747. The third kappa shape index (κ3) is 2.84. The van der Waals surface area contributed by atoms with Crippen LogP contribution in [0.15, 0.2) is 24.3 Å². The van der Waals surface area contributed by atoms with Crippen LogP contribution in [0.2, 0.25) is 0 Å². The van der Waals surface area contributed by atoms with Gasteiger partial charge >= 0.3 is 5.97 Å². The molecule has 2 rings (SSSR count). The molecule has 1 aromatic rings. The molecule has 0 atom stereocenters. The van der Waals surface area contributed by atoms with E-state index in [1.54, 1.807) is 0 Å². The molecule has 1 aliphatic rings. The van der Waals surface area contributed by atoms with Gasteiger partial charge in [0.1, 0.15) is 5.75 Å². The van der Waals surface area contributed by atoms with Gasteiger partial charge in [-0.15, -0.1) is 0 Å². The lowest BCUT2D eigenvalue weighted by Crippen LogP contribution is -2.22. The maximum atomic E-state index is 11.7. The van der Waals surface area contributed by atoms with Gasteiger partial charge in [-0.1, -0.05) is 12.8 Å². The third-order valence-electron chi connectivity index (χ3n) is 3.00. The molecule has 0 spiro atoms. The molecule has 0 N–H and O–H groups in total. The fourth-order valence-corrected chi connectivity index (χ4v) is 2.02. The first-order valence-electron chi connectivity index (χ1n) is 5.70. The minimum atomic E-state index is -1.24. The summed E-state index contributed by atoms with van der Waals surface area (Å²) >= 11 is 0. The number of rotatable bonds is 3. The van der Waals surface area contributed by atoms with Crippen LogP contribution in [0, 0.1) is 5.92 Å². The number of hydrogen-bond donors (Lipinski definition) is 0. The molecule has 0 amide bonds. The normalized spacial score (nSPS) is 15.8. The number of benzene rings is 1. The number of carbonyl (C=O) groups is 2. The third-order valence-corrected chi connectivity index (χ3v) is 3.00. The van der Waals surface area contributed by atoms with E-state index in [9.17, 15) is 14.7 Å². The zero-order valence-electron chi connectivity index (χ0n) is 9.35. The van der Waals surface area contributed by atoms with Gasteiger partial charge in [-0.25, -0.2) is 0 Å². The second kappa shape index (κ2) is 4.99. The van der Waals surface area contributed by atoms with Crippen LogP contribution in [0.25, 0.3) is 0 Å². The Morgan fingerprint density at radius 2 is 1.71 bits per heavy atom. The molecule has 1 saturated carbocycles. The lowest BCUT2D eigenvalue weighted by atomic mass is 10.1. The topological polar surface area (TPSA) is 66.4 Å². The smallest absolute Gasteiger partial charge is 0.314 e. The van der Waals surface area contributed by atoms with Crippen LogP contribution >= 0.6 is 0 Å². The van der Waals surface area contributed by atoms with E-state index in [1.807, 2.05) is 0 Å². The van der Waals surface area contributed by atoms with Gasteiger partial charge in [0, 0.05) is 0 Å². The van der Waals surface area contributed by atoms with E-state index in [-0.39, 0.29) is 17.5 Å². The molecule has 1 aliphatic carbocycles. The summed E-state index contributed by atoms with van der Waals surface area (Å²) in [5.74, 6) is -1.08. The first-order valence-corrected chi connectivity index (χ1v) is 5.70. The largest absolute Gasteiger partial charge is 0.545 e. The molecular formula is C13H13O4-. The van der Waals surface area contributed by atoms with Crippen molar-refractivity contribution in [3.8, 4) is 5.75 Å². The summed E-state index contributed by atoms with van der Waals surface area (Å²) in [6, 6.07) is 5.68. The first kappa shape index (κ1) is 11.6. The zero-order chi connectivity index (χ0) is 12.3. The van der Waals surface area contributed by atoms with Gasteiger partial charge in [0.05, 0.1) is 11.9 Å². The molecule has 0 saturated heterocycles. The standard InChI is InChI=1S/C13H14O4/c14-12(15)9-5-7-11(8-6-9)17-13(16)10-3-1-2-4-10/h5-8,10H,1-4H2,(H,14,15)/p-1. The summed E-state index contributed by atoms with van der Waals surface area (Å²) in [5, 5.41) is 10.5. The fourth-order valence-electron chi connectivity index (χ4n) is 2.02. The summed E-state index contributed by atoms with van der Waals surface area (Å²) < 4.78 is 5.18. The average molecular weight is 233 g/mol. The Labute approximate surface area is 99.2 Å². The molecule has 1 fully saturated rings. The van der Waals surface area contributed by atoms with E-state index in [4.69, 9.17) is 4.74 Å². The molecule has 4 nitrogen and oxygen atoms in total. The molecule has 0 radical (unpaired) electrons. The molecule has 0 aliphatic heterocycles. The van der Waals surface area contributed by atoms with Crippen molar-refractivity contribution in [1.29, 1.82) is 0 Å². The Morgan fingerprint density at radius 3 is 2.24 bits per heavy atom. The van der Waals surface area contributed by atoms with Gasteiger partial charge in [0.2, 0.25) is 0 Å². The van der Waals surface area contributed by atoms with Crippen molar-refractivity contribution in [3.63, 3.8) is 0 Å². The van der Waals surface area contributed by atoms with Gasteiger partial charge < -0.3 is 14.6 Å². The van der Waals surface area contributed by atoms with E-state index >= 15 is 0 Å². The number of carbonyl (C=O) groups excluding carboxylic acids is 2. The summed E-state index contributed by atoms with van der Waals surface area (Å²) in [7, 11) is 0. The van der Waals surface area contributed by atoms with Crippen molar-refractivity contribution in [1.82, 2.24) is 0 Å². The maximum absolute atomic E-state index is 11.7. The molecule has 17 heavy (non-hydrogen) atoms. The second-order valence-corrected chi connectivity index (χ2v) is 4.21. The maximum Gasteiger partial charge on any atom is 0.314 e. The van der Waals surface area contributed by atoms with E-state index in [1.165, 1.54) is 24.3 Å².